The van der Waals surface area contributed by atoms with Crippen molar-refractivity contribution < 1.29 is 14.6 Å². The van der Waals surface area contributed by atoms with Gasteiger partial charge in [0, 0.05) is 0 Å². The molecule has 0 radical (unpaired) electrons. The van der Waals surface area contributed by atoms with E-state index in [1.165, 1.54) is 0 Å². The number of aliphatic hydroxyl groups excluding tert-OH is 1. The Morgan fingerprint density at radius 2 is 2.06 bits per heavy atom. The summed E-state index contributed by atoms with van der Waals surface area (Å²) in [4.78, 5) is 0. The van der Waals surface area contributed by atoms with Crippen molar-refractivity contribution in [2.75, 3.05) is 19.8 Å². The molecule has 86 valence electrons. The van der Waals surface area contributed by atoms with Gasteiger partial charge in [0.15, 0.2) is 6.10 Å². The van der Waals surface area contributed by atoms with Crippen molar-refractivity contribution in [3.8, 4) is 11.8 Å². The van der Waals surface area contributed by atoms with Crippen molar-refractivity contribution in [3.63, 3.8) is 0 Å². The van der Waals surface area contributed by atoms with Gasteiger partial charge in [-0.05, 0) is 24.6 Å². The predicted octanol–water partition coefficient (Wildman–Crippen LogP) is 1.66. The first-order valence-corrected chi connectivity index (χ1v) is 5.16. The van der Waals surface area contributed by atoms with Gasteiger partial charge >= 0.3 is 0 Å². The molecule has 0 saturated carbocycles. The normalized spacial score (nSPS) is 11.8. The molecule has 0 amide bonds. The van der Waals surface area contributed by atoms with Gasteiger partial charge in [0.1, 0.15) is 5.75 Å². The summed E-state index contributed by atoms with van der Waals surface area (Å²) in [5.74, 6) is 0.769. The highest BCUT2D eigenvalue weighted by atomic mass is 16.5. The fourth-order valence-electron chi connectivity index (χ4n) is 1.28. The second-order valence-corrected chi connectivity index (χ2v) is 3.11. The number of benzene rings is 1. The van der Waals surface area contributed by atoms with Crippen LogP contribution in [-0.2, 0) is 4.74 Å². The van der Waals surface area contributed by atoms with Crippen molar-refractivity contribution in [1.82, 2.24) is 0 Å². The molecule has 0 bridgehead atoms. The van der Waals surface area contributed by atoms with E-state index in [0.717, 1.165) is 11.3 Å². The molecular weight excluding hydrogens is 206 g/mol. The first kappa shape index (κ1) is 12.5. The van der Waals surface area contributed by atoms with Gasteiger partial charge in [0.2, 0.25) is 0 Å². The summed E-state index contributed by atoms with van der Waals surface area (Å²) in [5.41, 5.74) is 0.763. The summed E-state index contributed by atoms with van der Waals surface area (Å²) >= 11 is 0. The number of rotatable bonds is 6. The molecule has 1 atom stereocenters. The molecule has 0 aliphatic rings. The van der Waals surface area contributed by atoms with Crippen LogP contribution >= 0.6 is 0 Å². The summed E-state index contributed by atoms with van der Waals surface area (Å²) in [6.07, 6.45) is -0.636. The van der Waals surface area contributed by atoms with Crippen molar-refractivity contribution in [3.05, 3.63) is 29.8 Å². The molecule has 0 fully saturated rings. The molecule has 1 rings (SSSR count). The van der Waals surface area contributed by atoms with E-state index in [9.17, 15) is 0 Å². The average Bonchev–Trinajstić information content (AvgIpc) is 2.32. The van der Waals surface area contributed by atoms with E-state index >= 15 is 0 Å². The fraction of sp³-hybridized carbons (Fsp3) is 0.417. The van der Waals surface area contributed by atoms with E-state index in [1.807, 2.05) is 13.0 Å². The Hall–Kier alpha value is -1.57. The maximum atomic E-state index is 8.89. The molecule has 4 heteroatoms. The zero-order valence-electron chi connectivity index (χ0n) is 9.22. The molecule has 0 aliphatic heterocycles. The summed E-state index contributed by atoms with van der Waals surface area (Å²) in [5, 5.41) is 17.5. The maximum Gasteiger partial charge on any atom is 0.169 e. The van der Waals surface area contributed by atoms with Gasteiger partial charge in [-0.1, -0.05) is 12.1 Å². The minimum atomic E-state index is -0.636. The Labute approximate surface area is 95.0 Å². The fourth-order valence-corrected chi connectivity index (χ4v) is 1.28. The minimum Gasteiger partial charge on any atom is -0.494 e. The third-order valence-corrected chi connectivity index (χ3v) is 1.99. The number of hydrogen-bond donors (Lipinski definition) is 1. The van der Waals surface area contributed by atoms with Crippen LogP contribution in [0.2, 0.25) is 0 Å². The molecule has 0 saturated heterocycles. The zero-order chi connectivity index (χ0) is 11.8. The van der Waals surface area contributed by atoms with Gasteiger partial charge in [-0.15, -0.1) is 0 Å². The third kappa shape index (κ3) is 3.54. The zero-order valence-corrected chi connectivity index (χ0v) is 9.22. The van der Waals surface area contributed by atoms with Crippen LogP contribution in [-0.4, -0.2) is 24.9 Å². The molecule has 0 spiro atoms. The van der Waals surface area contributed by atoms with Crippen molar-refractivity contribution in [2.45, 2.75) is 13.0 Å². The highest BCUT2D eigenvalue weighted by Crippen LogP contribution is 2.20. The number of hydrogen-bond acceptors (Lipinski definition) is 4. The summed E-state index contributed by atoms with van der Waals surface area (Å²) < 4.78 is 10.5. The lowest BCUT2D eigenvalue weighted by molar-refractivity contribution is 0.0581. The van der Waals surface area contributed by atoms with Gasteiger partial charge in [0.25, 0.3) is 0 Å². The SMILES string of the molecule is CCOc1ccc(C(C#N)OCCO)cc1. The van der Waals surface area contributed by atoms with Gasteiger partial charge < -0.3 is 14.6 Å². The molecule has 1 N–H and O–H groups in total. The first-order valence-electron chi connectivity index (χ1n) is 5.16. The van der Waals surface area contributed by atoms with Gasteiger partial charge in [-0.25, -0.2) is 0 Å². The Morgan fingerprint density at radius 1 is 1.38 bits per heavy atom. The lowest BCUT2D eigenvalue weighted by Crippen LogP contribution is -2.06. The van der Waals surface area contributed by atoms with Crippen LogP contribution in [0.25, 0.3) is 0 Å². The van der Waals surface area contributed by atoms with Gasteiger partial charge in [-0.3, -0.25) is 0 Å². The van der Waals surface area contributed by atoms with Crippen molar-refractivity contribution in [1.29, 1.82) is 5.26 Å². The Bertz CT molecular complexity index is 342. The summed E-state index contributed by atoms with van der Waals surface area (Å²) in [6.45, 7) is 2.60. The highest BCUT2D eigenvalue weighted by molar-refractivity contribution is 5.30. The molecule has 1 unspecified atom stereocenters. The molecule has 0 aromatic heterocycles. The number of aliphatic hydroxyl groups is 1. The number of nitriles is 1. The number of ether oxygens (including phenoxy) is 2. The second kappa shape index (κ2) is 6.83. The molecular formula is C12H15NO3. The van der Waals surface area contributed by atoms with Crippen LogP contribution in [0.3, 0.4) is 0 Å². The largest absolute Gasteiger partial charge is 0.494 e. The molecule has 1 aromatic carbocycles. The lowest BCUT2D eigenvalue weighted by Gasteiger charge is -2.10. The van der Waals surface area contributed by atoms with E-state index in [4.69, 9.17) is 19.8 Å². The van der Waals surface area contributed by atoms with Crippen LogP contribution in [0, 0.1) is 11.3 Å². The van der Waals surface area contributed by atoms with E-state index < -0.39 is 6.10 Å². The standard InChI is InChI=1S/C12H15NO3/c1-2-15-11-5-3-10(4-6-11)12(9-13)16-8-7-14/h3-6,12,14H,2,7-8H2,1H3. The summed E-state index contributed by atoms with van der Waals surface area (Å²) in [7, 11) is 0. The Morgan fingerprint density at radius 3 is 2.56 bits per heavy atom. The van der Waals surface area contributed by atoms with Crippen molar-refractivity contribution >= 4 is 0 Å². The van der Waals surface area contributed by atoms with Crippen molar-refractivity contribution in [2.24, 2.45) is 0 Å². The van der Waals surface area contributed by atoms with Gasteiger partial charge in [-0.2, -0.15) is 5.26 Å². The molecule has 16 heavy (non-hydrogen) atoms. The molecule has 0 heterocycles. The smallest absolute Gasteiger partial charge is 0.169 e. The predicted molar refractivity (Wildman–Crippen MR) is 59.0 cm³/mol. The first-order chi connectivity index (χ1) is 7.81. The molecule has 0 aliphatic carbocycles. The maximum absolute atomic E-state index is 8.89. The van der Waals surface area contributed by atoms with Crippen LogP contribution in [0.15, 0.2) is 24.3 Å². The van der Waals surface area contributed by atoms with Gasteiger partial charge in [0.05, 0.1) is 25.9 Å². The quantitative estimate of drug-likeness (QED) is 0.793. The van der Waals surface area contributed by atoms with E-state index in [-0.39, 0.29) is 13.2 Å². The van der Waals surface area contributed by atoms with Crippen LogP contribution in [0.5, 0.6) is 5.75 Å². The van der Waals surface area contributed by atoms with E-state index in [0.29, 0.717) is 6.61 Å². The Balaban J connectivity index is 2.67. The second-order valence-electron chi connectivity index (χ2n) is 3.11. The lowest BCUT2D eigenvalue weighted by atomic mass is 10.1. The molecule has 1 aromatic rings. The molecule has 4 nitrogen and oxygen atoms in total. The topological polar surface area (TPSA) is 62.5 Å². The highest BCUT2D eigenvalue weighted by Gasteiger charge is 2.10. The Kier molecular flexibility index (Phi) is 5.34. The summed E-state index contributed by atoms with van der Waals surface area (Å²) in [6, 6.07) is 9.20. The minimum absolute atomic E-state index is 0.0881. The van der Waals surface area contributed by atoms with Crippen LogP contribution in [0.4, 0.5) is 0 Å². The monoisotopic (exact) mass is 221 g/mol. The number of nitrogens with zero attached hydrogens (tertiary/aromatic N) is 1. The average molecular weight is 221 g/mol. The van der Waals surface area contributed by atoms with Crippen LogP contribution < -0.4 is 4.74 Å². The van der Waals surface area contributed by atoms with Crippen LogP contribution in [0.1, 0.15) is 18.6 Å². The third-order valence-electron chi connectivity index (χ3n) is 1.99. The van der Waals surface area contributed by atoms with E-state index in [1.54, 1.807) is 24.3 Å². The van der Waals surface area contributed by atoms with E-state index in [2.05, 4.69) is 0 Å².